The molecule has 3 N–H and O–H groups in total. The Balaban J connectivity index is 1.68. The van der Waals surface area contributed by atoms with E-state index in [0.717, 1.165) is 35.4 Å². The fraction of sp³-hybridized carbons (Fsp3) is 0.154. The summed E-state index contributed by atoms with van der Waals surface area (Å²) in [5.41, 5.74) is 6.74. The normalized spacial score (nSPS) is 21.6. The molecule has 0 fully saturated rings. The van der Waals surface area contributed by atoms with E-state index in [1.807, 2.05) is 18.2 Å². The lowest BCUT2D eigenvalue weighted by atomic mass is 9.88. The van der Waals surface area contributed by atoms with E-state index in [4.69, 9.17) is 0 Å². The Morgan fingerprint density at radius 2 is 1.77 bits per heavy atom. The topological polar surface area (TPSA) is 78.4 Å². The summed E-state index contributed by atoms with van der Waals surface area (Å²) in [5.74, 6) is -1.44. The molecule has 0 unspecified atom stereocenters. The van der Waals surface area contributed by atoms with Crippen LogP contribution in [-0.2, 0) is 4.79 Å². The molecule has 1 amide bonds. The van der Waals surface area contributed by atoms with Gasteiger partial charge in [0.15, 0.2) is 0 Å². The second-order valence-corrected chi connectivity index (χ2v) is 7.88. The highest BCUT2D eigenvalue weighted by molar-refractivity contribution is 6.04. The predicted molar refractivity (Wildman–Crippen MR) is 120 cm³/mol. The minimum atomic E-state index is -1.01. The number of carbonyl (C=O) groups excluding carboxylic acids is 1. The molecular formula is C26H22N2O3. The van der Waals surface area contributed by atoms with Crippen molar-refractivity contribution in [3.05, 3.63) is 106 Å². The second-order valence-electron chi connectivity index (χ2n) is 7.88. The average molecular weight is 410 g/mol. The molecule has 5 heteroatoms. The summed E-state index contributed by atoms with van der Waals surface area (Å²) in [6, 6.07) is 17.0. The lowest BCUT2D eigenvalue weighted by Gasteiger charge is -2.26. The number of hydrogen-bond acceptors (Lipinski definition) is 3. The van der Waals surface area contributed by atoms with Crippen molar-refractivity contribution in [1.29, 1.82) is 0 Å². The molecule has 0 radical (unpaired) electrons. The zero-order chi connectivity index (χ0) is 21.4. The summed E-state index contributed by atoms with van der Waals surface area (Å²) in [6.45, 7) is 1.60. The van der Waals surface area contributed by atoms with Gasteiger partial charge in [0.1, 0.15) is 0 Å². The first-order valence-corrected chi connectivity index (χ1v) is 10.4. The number of rotatable bonds is 3. The Morgan fingerprint density at radius 1 is 1.00 bits per heavy atom. The summed E-state index contributed by atoms with van der Waals surface area (Å²) in [6.07, 6.45) is 6.82. The van der Waals surface area contributed by atoms with Gasteiger partial charge in [-0.25, -0.2) is 4.79 Å². The highest BCUT2D eigenvalue weighted by atomic mass is 16.4. The highest BCUT2D eigenvalue weighted by Crippen LogP contribution is 2.40. The maximum atomic E-state index is 13.1. The Labute approximate surface area is 180 Å². The number of hydrogen-bond donors (Lipinski definition) is 3. The van der Waals surface area contributed by atoms with Gasteiger partial charge in [0.25, 0.3) is 5.91 Å². The molecule has 5 nitrogen and oxygen atoms in total. The average Bonchev–Trinajstić information content (AvgIpc) is 2.93. The fourth-order valence-electron chi connectivity index (χ4n) is 4.53. The molecule has 2 bridgehead atoms. The third kappa shape index (κ3) is 3.53. The van der Waals surface area contributed by atoms with Crippen molar-refractivity contribution in [1.82, 2.24) is 10.6 Å². The molecule has 1 atom stereocenters. The molecule has 0 aromatic heterocycles. The van der Waals surface area contributed by atoms with Gasteiger partial charge in [-0.15, -0.1) is 0 Å². The SMILES string of the molecule is O=C1NC2=C[C@H](C=C(c3ccccc3)C3=C2CNCC3)/C1=C\c1ccccc1C(=O)O. The Morgan fingerprint density at radius 3 is 2.58 bits per heavy atom. The third-order valence-electron chi connectivity index (χ3n) is 6.02. The summed E-state index contributed by atoms with van der Waals surface area (Å²) in [7, 11) is 0. The van der Waals surface area contributed by atoms with Crippen LogP contribution in [0.2, 0.25) is 0 Å². The quantitative estimate of drug-likeness (QED) is 0.673. The molecule has 5 rings (SSSR count). The van der Waals surface area contributed by atoms with E-state index in [-0.39, 0.29) is 17.4 Å². The lowest BCUT2D eigenvalue weighted by Crippen LogP contribution is -2.35. The van der Waals surface area contributed by atoms with E-state index in [1.54, 1.807) is 30.3 Å². The standard InChI is InChI=1S/C26H22N2O3/c29-25-22(12-17-8-4-5-9-19(17)26(30)31)18-13-21(16-6-2-1-3-7-16)20-10-11-27-15-23(20)24(14-18)28-25/h1-9,12-14,18,27H,10-11,15H2,(H,28,29)(H,30,31)/b22-12+/t18-/m0/s1. The summed E-state index contributed by atoms with van der Waals surface area (Å²) < 4.78 is 0. The van der Waals surface area contributed by atoms with Crippen LogP contribution in [0, 0.1) is 5.92 Å². The van der Waals surface area contributed by atoms with Crippen molar-refractivity contribution >= 4 is 23.5 Å². The molecule has 2 aromatic carbocycles. The maximum absolute atomic E-state index is 13.1. The molecule has 154 valence electrons. The zero-order valence-corrected chi connectivity index (χ0v) is 16.9. The van der Waals surface area contributed by atoms with Gasteiger partial charge in [0.2, 0.25) is 0 Å². The second kappa shape index (κ2) is 7.85. The number of allylic oxidation sites excluding steroid dienone is 3. The van der Waals surface area contributed by atoms with Crippen LogP contribution in [0.25, 0.3) is 11.6 Å². The van der Waals surface area contributed by atoms with Crippen LogP contribution in [0.3, 0.4) is 0 Å². The highest BCUT2D eigenvalue weighted by Gasteiger charge is 2.32. The summed E-state index contributed by atoms with van der Waals surface area (Å²) in [4.78, 5) is 24.8. The van der Waals surface area contributed by atoms with Crippen molar-refractivity contribution in [2.24, 2.45) is 5.92 Å². The van der Waals surface area contributed by atoms with Crippen molar-refractivity contribution in [2.75, 3.05) is 13.1 Å². The molecular weight excluding hydrogens is 388 g/mol. The van der Waals surface area contributed by atoms with Gasteiger partial charge >= 0.3 is 5.97 Å². The van der Waals surface area contributed by atoms with Gasteiger partial charge in [-0.3, -0.25) is 4.79 Å². The Kier molecular flexibility index (Phi) is 4.88. The largest absolute Gasteiger partial charge is 0.478 e. The smallest absolute Gasteiger partial charge is 0.336 e. The van der Waals surface area contributed by atoms with Gasteiger partial charge in [0, 0.05) is 23.7 Å². The van der Waals surface area contributed by atoms with Gasteiger partial charge in [-0.2, -0.15) is 0 Å². The van der Waals surface area contributed by atoms with Gasteiger partial charge in [-0.05, 0) is 59.0 Å². The number of nitrogens with one attached hydrogen (secondary N) is 2. The van der Waals surface area contributed by atoms with Crippen LogP contribution in [0.1, 0.15) is 27.9 Å². The minimum Gasteiger partial charge on any atom is -0.478 e. The number of amides is 1. The molecule has 1 aliphatic carbocycles. The minimum absolute atomic E-state index is 0.181. The van der Waals surface area contributed by atoms with E-state index in [0.29, 0.717) is 17.7 Å². The van der Waals surface area contributed by atoms with Crippen LogP contribution < -0.4 is 10.6 Å². The van der Waals surface area contributed by atoms with Crippen molar-refractivity contribution in [3.8, 4) is 0 Å². The number of aromatic carboxylic acids is 1. The van der Waals surface area contributed by atoms with E-state index in [2.05, 4.69) is 34.9 Å². The van der Waals surface area contributed by atoms with Crippen LogP contribution in [-0.4, -0.2) is 30.1 Å². The Hall–Kier alpha value is -3.70. The fourth-order valence-corrected chi connectivity index (χ4v) is 4.53. The van der Waals surface area contributed by atoms with Gasteiger partial charge in [0.05, 0.1) is 5.56 Å². The summed E-state index contributed by atoms with van der Waals surface area (Å²) >= 11 is 0. The van der Waals surface area contributed by atoms with Crippen molar-refractivity contribution in [2.45, 2.75) is 6.42 Å². The predicted octanol–water partition coefficient (Wildman–Crippen LogP) is 3.79. The van der Waals surface area contributed by atoms with E-state index in [9.17, 15) is 14.7 Å². The van der Waals surface area contributed by atoms with E-state index in [1.165, 1.54) is 5.57 Å². The maximum Gasteiger partial charge on any atom is 0.336 e. The monoisotopic (exact) mass is 410 g/mol. The van der Waals surface area contributed by atoms with E-state index < -0.39 is 5.97 Å². The van der Waals surface area contributed by atoms with Crippen LogP contribution in [0.5, 0.6) is 0 Å². The number of carboxylic acid groups (broad SMARTS) is 1. The number of carbonyl (C=O) groups is 2. The molecule has 2 aromatic rings. The Bertz CT molecular complexity index is 1200. The van der Waals surface area contributed by atoms with Crippen LogP contribution >= 0.6 is 0 Å². The molecule has 0 saturated heterocycles. The molecule has 31 heavy (non-hydrogen) atoms. The van der Waals surface area contributed by atoms with Crippen LogP contribution in [0.15, 0.2) is 89.2 Å². The zero-order valence-electron chi connectivity index (χ0n) is 16.9. The number of carboxylic acids is 1. The molecule has 2 heterocycles. The third-order valence-corrected chi connectivity index (χ3v) is 6.02. The molecule has 0 spiro atoms. The molecule has 3 aliphatic rings. The first kappa shape index (κ1) is 19.3. The van der Waals surface area contributed by atoms with Gasteiger partial charge in [-0.1, -0.05) is 54.6 Å². The number of benzene rings is 2. The van der Waals surface area contributed by atoms with Crippen molar-refractivity contribution in [3.63, 3.8) is 0 Å². The van der Waals surface area contributed by atoms with Gasteiger partial charge < -0.3 is 15.7 Å². The van der Waals surface area contributed by atoms with E-state index >= 15 is 0 Å². The first-order chi connectivity index (χ1) is 15.1. The lowest BCUT2D eigenvalue weighted by molar-refractivity contribution is -0.117. The number of fused-ring (bicyclic) bond motifs is 2. The summed E-state index contributed by atoms with van der Waals surface area (Å²) in [5, 5.41) is 16.0. The first-order valence-electron chi connectivity index (χ1n) is 10.4. The van der Waals surface area contributed by atoms with Crippen molar-refractivity contribution < 1.29 is 14.7 Å². The molecule has 0 saturated carbocycles. The van der Waals surface area contributed by atoms with Crippen LogP contribution in [0.4, 0.5) is 0 Å². The molecule has 2 aliphatic heterocycles.